The maximum atomic E-state index is 10.9. The van der Waals surface area contributed by atoms with E-state index in [4.69, 9.17) is 23.2 Å². The van der Waals surface area contributed by atoms with Crippen molar-refractivity contribution in [3.8, 4) is 0 Å². The highest BCUT2D eigenvalue weighted by Gasteiger charge is 2.48. The molecule has 2 rings (SSSR count). The number of aliphatic hydroxyl groups is 1. The summed E-state index contributed by atoms with van der Waals surface area (Å²) in [6, 6.07) is 7.90. The summed E-state index contributed by atoms with van der Waals surface area (Å²) in [4.78, 5) is 0. The van der Waals surface area contributed by atoms with Gasteiger partial charge in [-0.05, 0) is 54.7 Å². The van der Waals surface area contributed by atoms with E-state index in [0.29, 0.717) is 17.7 Å². The summed E-state index contributed by atoms with van der Waals surface area (Å²) in [5.74, 6) is 1.36. The molecule has 1 fully saturated rings. The van der Waals surface area contributed by atoms with E-state index in [9.17, 15) is 5.11 Å². The topological polar surface area (TPSA) is 20.2 Å². The molecule has 0 heterocycles. The van der Waals surface area contributed by atoms with Gasteiger partial charge in [0, 0.05) is 5.02 Å². The van der Waals surface area contributed by atoms with Crippen molar-refractivity contribution in [3.63, 3.8) is 0 Å². The van der Waals surface area contributed by atoms with Crippen molar-refractivity contribution < 1.29 is 5.11 Å². The van der Waals surface area contributed by atoms with Crippen LogP contribution in [0.2, 0.25) is 5.02 Å². The van der Waals surface area contributed by atoms with Gasteiger partial charge in [-0.3, -0.25) is 0 Å². The molecule has 3 heteroatoms. The second kappa shape index (κ2) is 6.03. The van der Waals surface area contributed by atoms with Gasteiger partial charge in [-0.2, -0.15) is 0 Å². The van der Waals surface area contributed by atoms with Gasteiger partial charge in [0.15, 0.2) is 0 Å². The molecular formula is C16H22Cl2O. The molecule has 0 aliphatic heterocycles. The minimum Gasteiger partial charge on any atom is -0.388 e. The second-order valence-electron chi connectivity index (χ2n) is 6.08. The Kier molecular flexibility index (Phi) is 4.81. The Labute approximate surface area is 125 Å². The number of hydrogen-bond donors (Lipinski definition) is 1. The molecule has 1 aliphatic rings. The first-order valence-corrected chi connectivity index (χ1v) is 7.91. The van der Waals surface area contributed by atoms with E-state index in [-0.39, 0.29) is 5.92 Å². The quantitative estimate of drug-likeness (QED) is 0.810. The van der Waals surface area contributed by atoms with E-state index >= 15 is 0 Å². The third-order valence-electron chi connectivity index (χ3n) is 4.59. The monoisotopic (exact) mass is 300 g/mol. The fourth-order valence-corrected chi connectivity index (χ4v) is 4.03. The van der Waals surface area contributed by atoms with Crippen LogP contribution in [-0.4, -0.2) is 16.6 Å². The van der Waals surface area contributed by atoms with Crippen molar-refractivity contribution in [2.24, 2.45) is 17.8 Å². The van der Waals surface area contributed by atoms with Gasteiger partial charge in [0.05, 0.1) is 11.5 Å². The van der Waals surface area contributed by atoms with Crippen LogP contribution < -0.4 is 0 Å². The Balaban J connectivity index is 2.14. The maximum Gasteiger partial charge on any atom is 0.0844 e. The molecule has 0 bridgehead atoms. The van der Waals surface area contributed by atoms with Crippen molar-refractivity contribution in [2.45, 2.75) is 38.7 Å². The van der Waals surface area contributed by atoms with Crippen molar-refractivity contribution in [1.82, 2.24) is 0 Å². The highest BCUT2D eigenvalue weighted by atomic mass is 35.5. The predicted molar refractivity (Wildman–Crippen MR) is 81.9 cm³/mol. The molecule has 1 aliphatic carbocycles. The van der Waals surface area contributed by atoms with Crippen molar-refractivity contribution >= 4 is 23.2 Å². The molecule has 0 spiro atoms. The zero-order valence-electron chi connectivity index (χ0n) is 11.6. The Morgan fingerprint density at radius 2 is 1.89 bits per heavy atom. The van der Waals surface area contributed by atoms with Crippen molar-refractivity contribution in [2.75, 3.05) is 5.88 Å². The van der Waals surface area contributed by atoms with Crippen LogP contribution in [0.25, 0.3) is 0 Å². The van der Waals surface area contributed by atoms with Crippen LogP contribution >= 0.6 is 23.2 Å². The summed E-state index contributed by atoms with van der Waals surface area (Å²) in [5, 5.41) is 11.7. The summed E-state index contributed by atoms with van der Waals surface area (Å²) < 4.78 is 0. The first-order chi connectivity index (χ1) is 8.97. The highest BCUT2D eigenvalue weighted by molar-refractivity contribution is 6.30. The lowest BCUT2D eigenvalue weighted by Crippen LogP contribution is -2.44. The number of alkyl halides is 1. The van der Waals surface area contributed by atoms with Crippen LogP contribution in [0.1, 0.15) is 32.3 Å². The maximum absolute atomic E-state index is 10.9. The van der Waals surface area contributed by atoms with E-state index in [2.05, 4.69) is 13.8 Å². The highest BCUT2D eigenvalue weighted by Crippen LogP contribution is 2.46. The minimum atomic E-state index is -0.727. The molecule has 3 atom stereocenters. The second-order valence-corrected chi connectivity index (χ2v) is 6.78. The lowest BCUT2D eigenvalue weighted by molar-refractivity contribution is -0.0302. The molecule has 106 valence electrons. The largest absolute Gasteiger partial charge is 0.388 e. The van der Waals surface area contributed by atoms with Crippen LogP contribution in [-0.2, 0) is 6.42 Å². The Morgan fingerprint density at radius 1 is 1.26 bits per heavy atom. The SMILES string of the molecule is CC(C)C1CCC(Cc2ccc(Cl)cc2)C1(O)CCl. The molecule has 0 radical (unpaired) electrons. The van der Waals surface area contributed by atoms with Gasteiger partial charge >= 0.3 is 0 Å². The Hall–Kier alpha value is -0.240. The molecule has 1 aromatic carbocycles. The summed E-state index contributed by atoms with van der Waals surface area (Å²) >= 11 is 12.0. The van der Waals surface area contributed by atoms with Gasteiger partial charge in [-0.15, -0.1) is 11.6 Å². The average molecular weight is 301 g/mol. The summed E-state index contributed by atoms with van der Waals surface area (Å²) in [6.45, 7) is 4.35. The van der Waals surface area contributed by atoms with Crippen LogP contribution in [0, 0.1) is 17.8 Å². The zero-order chi connectivity index (χ0) is 14.0. The number of benzene rings is 1. The third-order valence-corrected chi connectivity index (χ3v) is 5.27. The van der Waals surface area contributed by atoms with E-state index in [1.165, 1.54) is 5.56 Å². The van der Waals surface area contributed by atoms with Crippen LogP contribution in [0.5, 0.6) is 0 Å². The van der Waals surface area contributed by atoms with E-state index in [0.717, 1.165) is 24.3 Å². The first kappa shape index (κ1) is 15.2. The summed E-state index contributed by atoms with van der Waals surface area (Å²) in [5.41, 5.74) is 0.498. The smallest absolute Gasteiger partial charge is 0.0844 e. The van der Waals surface area contributed by atoms with Crippen LogP contribution in [0.3, 0.4) is 0 Å². The van der Waals surface area contributed by atoms with Gasteiger partial charge < -0.3 is 5.11 Å². The lowest BCUT2D eigenvalue weighted by atomic mass is 9.78. The van der Waals surface area contributed by atoms with Gasteiger partial charge in [-0.1, -0.05) is 37.6 Å². The molecule has 1 aromatic rings. The normalized spacial score (nSPS) is 31.1. The molecule has 0 amide bonds. The number of halogens is 2. The average Bonchev–Trinajstić information content (AvgIpc) is 2.70. The van der Waals surface area contributed by atoms with E-state index in [1.54, 1.807) is 0 Å². The standard InChI is InChI=1S/C16H22Cl2O/c1-11(2)15-8-5-13(16(15,19)10-17)9-12-3-6-14(18)7-4-12/h3-4,6-7,11,13,15,19H,5,8-10H2,1-2H3. The molecule has 1 nitrogen and oxygen atoms in total. The predicted octanol–water partition coefficient (Wildman–Crippen LogP) is 4.53. The molecule has 1 saturated carbocycles. The number of rotatable bonds is 4. The van der Waals surface area contributed by atoms with Crippen LogP contribution in [0.4, 0.5) is 0 Å². The number of hydrogen-bond acceptors (Lipinski definition) is 1. The molecule has 0 aromatic heterocycles. The third kappa shape index (κ3) is 3.09. The van der Waals surface area contributed by atoms with E-state index in [1.807, 2.05) is 24.3 Å². The van der Waals surface area contributed by atoms with Gasteiger partial charge in [0.1, 0.15) is 0 Å². The van der Waals surface area contributed by atoms with Crippen LogP contribution in [0.15, 0.2) is 24.3 Å². The summed E-state index contributed by atoms with van der Waals surface area (Å²) in [7, 11) is 0. The summed E-state index contributed by atoms with van der Waals surface area (Å²) in [6.07, 6.45) is 3.00. The fraction of sp³-hybridized carbons (Fsp3) is 0.625. The minimum absolute atomic E-state index is 0.249. The van der Waals surface area contributed by atoms with Crippen molar-refractivity contribution in [3.05, 3.63) is 34.9 Å². The first-order valence-electron chi connectivity index (χ1n) is 7.00. The molecule has 19 heavy (non-hydrogen) atoms. The Morgan fingerprint density at radius 3 is 2.42 bits per heavy atom. The molecule has 3 unspecified atom stereocenters. The zero-order valence-corrected chi connectivity index (χ0v) is 13.1. The van der Waals surface area contributed by atoms with Gasteiger partial charge in [-0.25, -0.2) is 0 Å². The fourth-order valence-electron chi connectivity index (χ4n) is 3.49. The Bertz CT molecular complexity index is 415. The molecule has 1 N–H and O–H groups in total. The molecule has 0 saturated heterocycles. The van der Waals surface area contributed by atoms with Crippen molar-refractivity contribution in [1.29, 1.82) is 0 Å². The van der Waals surface area contributed by atoms with Gasteiger partial charge in [0.2, 0.25) is 0 Å². The molecular weight excluding hydrogens is 279 g/mol. The van der Waals surface area contributed by atoms with E-state index < -0.39 is 5.60 Å². The lowest BCUT2D eigenvalue weighted by Gasteiger charge is -2.36. The van der Waals surface area contributed by atoms with Gasteiger partial charge in [0.25, 0.3) is 0 Å².